The first-order chi connectivity index (χ1) is 10.9. The van der Waals surface area contributed by atoms with Crippen molar-refractivity contribution in [2.75, 3.05) is 12.4 Å². The molecular formula is C18H14N2O2. The zero-order chi connectivity index (χ0) is 14.9. The molecule has 0 spiro atoms. The third-order valence-corrected chi connectivity index (χ3v) is 3.62. The summed E-state index contributed by atoms with van der Waals surface area (Å²) >= 11 is 0. The minimum atomic E-state index is 0.709. The summed E-state index contributed by atoms with van der Waals surface area (Å²) in [6.07, 6.45) is 1.78. The molecule has 4 aromatic rings. The molecule has 0 bridgehead atoms. The Kier molecular flexibility index (Phi) is 2.93. The fourth-order valence-corrected chi connectivity index (χ4v) is 2.59. The lowest BCUT2D eigenvalue weighted by atomic mass is 10.2. The summed E-state index contributed by atoms with van der Waals surface area (Å²) < 4.78 is 11.4. The molecule has 0 atom stereocenters. The topological polar surface area (TPSA) is 47.3 Å². The predicted octanol–water partition coefficient (Wildman–Crippen LogP) is 4.73. The number of nitrogens with one attached hydrogen (secondary N) is 1. The molecule has 0 aliphatic heterocycles. The van der Waals surface area contributed by atoms with Crippen LogP contribution < -0.4 is 10.1 Å². The zero-order valence-electron chi connectivity index (χ0n) is 12.0. The van der Waals surface area contributed by atoms with E-state index in [-0.39, 0.29) is 0 Å². The molecular weight excluding hydrogens is 276 g/mol. The highest BCUT2D eigenvalue weighted by atomic mass is 16.5. The lowest BCUT2D eigenvalue weighted by Gasteiger charge is -2.05. The SMILES string of the molecule is COc1cccc2c1oc1c(Nc3ccccc3)ccnc12. The van der Waals surface area contributed by atoms with Crippen molar-refractivity contribution in [2.45, 2.75) is 0 Å². The van der Waals surface area contributed by atoms with Gasteiger partial charge in [0.2, 0.25) is 0 Å². The molecule has 0 aliphatic carbocycles. The molecule has 0 saturated heterocycles. The third-order valence-electron chi connectivity index (χ3n) is 3.62. The fourth-order valence-electron chi connectivity index (χ4n) is 2.59. The van der Waals surface area contributed by atoms with Crippen LogP contribution in [0.25, 0.3) is 22.1 Å². The van der Waals surface area contributed by atoms with Crippen LogP contribution in [0.2, 0.25) is 0 Å². The van der Waals surface area contributed by atoms with Crippen molar-refractivity contribution in [3.63, 3.8) is 0 Å². The average molecular weight is 290 g/mol. The van der Waals surface area contributed by atoms with Crippen LogP contribution in [0.3, 0.4) is 0 Å². The number of ether oxygens (including phenoxy) is 1. The molecule has 2 heterocycles. The number of anilines is 2. The predicted molar refractivity (Wildman–Crippen MR) is 87.8 cm³/mol. The van der Waals surface area contributed by atoms with Crippen LogP contribution in [0.5, 0.6) is 5.75 Å². The second-order valence-corrected chi connectivity index (χ2v) is 4.97. The van der Waals surface area contributed by atoms with Gasteiger partial charge in [-0.15, -0.1) is 0 Å². The number of fused-ring (bicyclic) bond motifs is 3. The van der Waals surface area contributed by atoms with Gasteiger partial charge in [0.1, 0.15) is 5.52 Å². The van der Waals surface area contributed by atoms with Gasteiger partial charge in [-0.1, -0.05) is 24.3 Å². The number of furan rings is 1. The molecule has 4 rings (SSSR count). The molecule has 0 unspecified atom stereocenters. The molecule has 0 amide bonds. The van der Waals surface area contributed by atoms with E-state index < -0.39 is 0 Å². The molecule has 22 heavy (non-hydrogen) atoms. The second-order valence-electron chi connectivity index (χ2n) is 4.97. The Morgan fingerprint density at radius 2 is 1.82 bits per heavy atom. The first-order valence-corrected chi connectivity index (χ1v) is 7.03. The van der Waals surface area contributed by atoms with Crippen molar-refractivity contribution in [3.8, 4) is 5.75 Å². The van der Waals surface area contributed by atoms with Crippen molar-refractivity contribution in [3.05, 3.63) is 60.8 Å². The van der Waals surface area contributed by atoms with Gasteiger partial charge in [-0.3, -0.25) is 4.98 Å². The van der Waals surface area contributed by atoms with Crippen molar-refractivity contribution in [2.24, 2.45) is 0 Å². The number of nitrogens with zero attached hydrogens (tertiary/aromatic N) is 1. The lowest BCUT2D eigenvalue weighted by Crippen LogP contribution is -1.90. The summed E-state index contributed by atoms with van der Waals surface area (Å²) in [5.41, 5.74) is 4.16. The van der Waals surface area contributed by atoms with Crippen LogP contribution in [0.1, 0.15) is 0 Å². The molecule has 0 fully saturated rings. The maximum absolute atomic E-state index is 6.03. The Morgan fingerprint density at radius 3 is 2.64 bits per heavy atom. The van der Waals surface area contributed by atoms with Gasteiger partial charge < -0.3 is 14.5 Å². The van der Waals surface area contributed by atoms with Crippen molar-refractivity contribution < 1.29 is 9.15 Å². The zero-order valence-corrected chi connectivity index (χ0v) is 12.0. The quantitative estimate of drug-likeness (QED) is 0.592. The molecule has 4 heteroatoms. The summed E-state index contributed by atoms with van der Waals surface area (Å²) in [5.74, 6) is 0.709. The molecule has 2 aromatic heterocycles. The van der Waals surface area contributed by atoms with Crippen molar-refractivity contribution >= 4 is 33.4 Å². The largest absolute Gasteiger partial charge is 0.493 e. The Labute approximate surface area is 127 Å². The van der Waals surface area contributed by atoms with E-state index in [4.69, 9.17) is 9.15 Å². The summed E-state index contributed by atoms with van der Waals surface area (Å²) in [6, 6.07) is 17.7. The summed E-state index contributed by atoms with van der Waals surface area (Å²) in [7, 11) is 1.64. The maximum Gasteiger partial charge on any atom is 0.179 e. The fraction of sp³-hybridized carbons (Fsp3) is 0.0556. The smallest absolute Gasteiger partial charge is 0.179 e. The number of pyridine rings is 1. The number of methoxy groups -OCH3 is 1. The summed E-state index contributed by atoms with van der Waals surface area (Å²) in [4.78, 5) is 4.46. The van der Waals surface area contributed by atoms with Crippen LogP contribution in [0, 0.1) is 0 Å². The number of rotatable bonds is 3. The van der Waals surface area contributed by atoms with Gasteiger partial charge in [0.25, 0.3) is 0 Å². The Hall–Kier alpha value is -3.01. The van der Waals surface area contributed by atoms with E-state index in [0.717, 1.165) is 33.4 Å². The maximum atomic E-state index is 6.03. The van der Waals surface area contributed by atoms with E-state index in [9.17, 15) is 0 Å². The number of hydrogen-bond acceptors (Lipinski definition) is 4. The molecule has 108 valence electrons. The highest BCUT2D eigenvalue weighted by Crippen LogP contribution is 2.37. The number of benzene rings is 2. The van der Waals surface area contributed by atoms with Gasteiger partial charge in [0.15, 0.2) is 16.9 Å². The standard InChI is InChI=1S/C18H14N2O2/c1-21-15-9-5-8-13-16-18(22-17(13)15)14(10-11-19-16)20-12-6-3-2-4-7-12/h2-11H,1H3,(H,19,20). The first kappa shape index (κ1) is 12.7. The lowest BCUT2D eigenvalue weighted by molar-refractivity contribution is 0.412. The number of aromatic nitrogens is 1. The monoisotopic (exact) mass is 290 g/mol. The van der Waals surface area contributed by atoms with Crippen molar-refractivity contribution in [1.29, 1.82) is 0 Å². The van der Waals surface area contributed by atoms with Gasteiger partial charge in [0.05, 0.1) is 18.2 Å². The van der Waals surface area contributed by atoms with Crippen LogP contribution in [-0.2, 0) is 0 Å². The van der Waals surface area contributed by atoms with Gasteiger partial charge in [0, 0.05) is 11.9 Å². The molecule has 0 radical (unpaired) electrons. The summed E-state index contributed by atoms with van der Waals surface area (Å²) in [6.45, 7) is 0. The minimum absolute atomic E-state index is 0.709. The molecule has 1 N–H and O–H groups in total. The summed E-state index contributed by atoms with van der Waals surface area (Å²) in [5, 5.41) is 4.32. The number of para-hydroxylation sites is 2. The van der Waals surface area contributed by atoms with Gasteiger partial charge >= 0.3 is 0 Å². The van der Waals surface area contributed by atoms with E-state index in [1.54, 1.807) is 13.3 Å². The van der Waals surface area contributed by atoms with Crippen LogP contribution in [0.4, 0.5) is 11.4 Å². The Bertz CT molecular complexity index is 945. The van der Waals surface area contributed by atoms with Gasteiger partial charge in [-0.2, -0.15) is 0 Å². The van der Waals surface area contributed by atoms with Crippen LogP contribution in [-0.4, -0.2) is 12.1 Å². The Morgan fingerprint density at radius 1 is 0.955 bits per heavy atom. The van der Waals surface area contributed by atoms with Crippen LogP contribution >= 0.6 is 0 Å². The Balaban J connectivity index is 1.93. The molecule has 2 aromatic carbocycles. The second kappa shape index (κ2) is 5.07. The van der Waals surface area contributed by atoms with Crippen molar-refractivity contribution in [1.82, 2.24) is 4.98 Å². The van der Waals surface area contributed by atoms with E-state index >= 15 is 0 Å². The van der Waals surface area contributed by atoms with E-state index in [2.05, 4.69) is 10.3 Å². The van der Waals surface area contributed by atoms with E-state index in [1.807, 2.05) is 54.6 Å². The van der Waals surface area contributed by atoms with Gasteiger partial charge in [-0.25, -0.2) is 0 Å². The first-order valence-electron chi connectivity index (χ1n) is 7.03. The number of hydrogen-bond donors (Lipinski definition) is 1. The highest BCUT2D eigenvalue weighted by molar-refractivity contribution is 6.08. The van der Waals surface area contributed by atoms with Gasteiger partial charge in [-0.05, 0) is 30.3 Å². The average Bonchev–Trinajstić information content (AvgIpc) is 2.96. The molecule has 0 aliphatic rings. The van der Waals surface area contributed by atoms with E-state index in [1.165, 1.54) is 0 Å². The molecule has 0 saturated carbocycles. The molecule has 4 nitrogen and oxygen atoms in total. The normalized spacial score (nSPS) is 11.0. The highest BCUT2D eigenvalue weighted by Gasteiger charge is 2.14. The minimum Gasteiger partial charge on any atom is -0.493 e. The third kappa shape index (κ3) is 1.97. The van der Waals surface area contributed by atoms with E-state index in [0.29, 0.717) is 5.75 Å². The van der Waals surface area contributed by atoms with Crippen LogP contribution in [0.15, 0.2) is 65.2 Å².